The van der Waals surface area contributed by atoms with Crippen molar-refractivity contribution in [2.75, 3.05) is 26.2 Å². The third kappa shape index (κ3) is 2.80. The summed E-state index contributed by atoms with van der Waals surface area (Å²) in [7, 11) is 0. The number of nitrogens with one attached hydrogen (secondary N) is 1. The van der Waals surface area contributed by atoms with Crippen LogP contribution < -0.4 is 5.32 Å². The second-order valence-electron chi connectivity index (χ2n) is 4.18. The molecule has 1 saturated heterocycles. The summed E-state index contributed by atoms with van der Waals surface area (Å²) in [5, 5.41) is 3.48. The zero-order chi connectivity index (χ0) is 10.5. The van der Waals surface area contributed by atoms with Crippen LogP contribution in [0.2, 0.25) is 0 Å². The van der Waals surface area contributed by atoms with Gasteiger partial charge in [-0.2, -0.15) is 0 Å². The fourth-order valence-corrected chi connectivity index (χ4v) is 2.31. The summed E-state index contributed by atoms with van der Waals surface area (Å²) in [6.45, 7) is 6.87. The van der Waals surface area contributed by atoms with Gasteiger partial charge in [-0.05, 0) is 18.5 Å². The smallest absolute Gasteiger partial charge is 0.0261 e. The minimum Gasteiger partial charge on any atom is -0.314 e. The average molecular weight is 204 g/mol. The Morgan fingerprint density at radius 3 is 2.87 bits per heavy atom. The van der Waals surface area contributed by atoms with Crippen molar-refractivity contribution in [3.05, 3.63) is 35.9 Å². The molecule has 0 amide bonds. The Morgan fingerprint density at radius 2 is 2.13 bits per heavy atom. The lowest BCUT2D eigenvalue weighted by Crippen LogP contribution is -2.51. The van der Waals surface area contributed by atoms with Crippen molar-refractivity contribution >= 4 is 0 Å². The van der Waals surface area contributed by atoms with Gasteiger partial charge in [-0.3, -0.25) is 4.90 Å². The van der Waals surface area contributed by atoms with Crippen LogP contribution in [-0.4, -0.2) is 37.1 Å². The summed E-state index contributed by atoms with van der Waals surface area (Å²) in [6.07, 6.45) is 1.17. The second kappa shape index (κ2) is 5.29. The van der Waals surface area contributed by atoms with Gasteiger partial charge in [0, 0.05) is 25.7 Å². The van der Waals surface area contributed by atoms with Crippen molar-refractivity contribution < 1.29 is 0 Å². The maximum atomic E-state index is 3.48. The molecule has 1 N–H and O–H groups in total. The Bertz CT molecular complexity index is 284. The van der Waals surface area contributed by atoms with Crippen LogP contribution >= 0.6 is 0 Å². The molecule has 2 rings (SSSR count). The molecular formula is C13H20N2. The van der Waals surface area contributed by atoms with Crippen LogP contribution in [0.4, 0.5) is 0 Å². The fraction of sp³-hybridized carbons (Fsp3) is 0.538. The summed E-state index contributed by atoms with van der Waals surface area (Å²) in [4.78, 5) is 2.57. The van der Waals surface area contributed by atoms with Crippen LogP contribution in [0.1, 0.15) is 12.5 Å². The lowest BCUT2D eigenvalue weighted by molar-refractivity contribution is 0.169. The quantitative estimate of drug-likeness (QED) is 0.803. The Balaban J connectivity index is 1.97. The molecular weight excluding hydrogens is 184 g/mol. The summed E-state index contributed by atoms with van der Waals surface area (Å²) in [6, 6.07) is 11.5. The Labute approximate surface area is 92.3 Å². The molecule has 1 aliphatic rings. The van der Waals surface area contributed by atoms with Crippen molar-refractivity contribution in [1.82, 2.24) is 10.2 Å². The first kappa shape index (κ1) is 10.7. The highest BCUT2D eigenvalue weighted by Crippen LogP contribution is 2.10. The predicted molar refractivity (Wildman–Crippen MR) is 64.1 cm³/mol. The highest BCUT2D eigenvalue weighted by atomic mass is 15.2. The van der Waals surface area contributed by atoms with Gasteiger partial charge in [0.15, 0.2) is 0 Å². The molecule has 82 valence electrons. The largest absolute Gasteiger partial charge is 0.314 e. The van der Waals surface area contributed by atoms with Gasteiger partial charge in [0.25, 0.3) is 0 Å². The molecule has 15 heavy (non-hydrogen) atoms. The van der Waals surface area contributed by atoms with E-state index in [-0.39, 0.29) is 0 Å². The lowest BCUT2D eigenvalue weighted by atomic mass is 10.0. The first-order valence-corrected chi connectivity index (χ1v) is 5.89. The van der Waals surface area contributed by atoms with Gasteiger partial charge < -0.3 is 5.32 Å². The average Bonchev–Trinajstić information content (AvgIpc) is 2.31. The van der Waals surface area contributed by atoms with Crippen molar-refractivity contribution in [2.45, 2.75) is 19.4 Å². The third-order valence-corrected chi connectivity index (χ3v) is 3.19. The van der Waals surface area contributed by atoms with Crippen LogP contribution in [0.25, 0.3) is 0 Å². The number of piperazine rings is 1. The van der Waals surface area contributed by atoms with Gasteiger partial charge in [0.05, 0.1) is 0 Å². The Kier molecular flexibility index (Phi) is 3.75. The minimum absolute atomic E-state index is 0.672. The number of hydrogen-bond acceptors (Lipinski definition) is 2. The van der Waals surface area contributed by atoms with Crippen LogP contribution in [0.5, 0.6) is 0 Å². The van der Waals surface area contributed by atoms with E-state index in [9.17, 15) is 0 Å². The van der Waals surface area contributed by atoms with E-state index in [0.717, 1.165) is 13.1 Å². The number of likely N-dealkylation sites (N-methyl/N-ethyl adjacent to an activating group) is 1. The molecule has 0 aromatic heterocycles. The molecule has 1 fully saturated rings. The highest BCUT2D eigenvalue weighted by molar-refractivity contribution is 5.16. The third-order valence-electron chi connectivity index (χ3n) is 3.19. The predicted octanol–water partition coefficient (Wildman–Crippen LogP) is 1.52. The van der Waals surface area contributed by atoms with E-state index in [2.05, 4.69) is 47.5 Å². The second-order valence-corrected chi connectivity index (χ2v) is 4.18. The molecule has 1 heterocycles. The Hall–Kier alpha value is -0.860. The van der Waals surface area contributed by atoms with Gasteiger partial charge in [0.2, 0.25) is 0 Å². The van der Waals surface area contributed by atoms with Crippen LogP contribution in [0.15, 0.2) is 30.3 Å². The van der Waals surface area contributed by atoms with Gasteiger partial charge in [-0.15, -0.1) is 0 Å². The maximum Gasteiger partial charge on any atom is 0.0261 e. The van der Waals surface area contributed by atoms with E-state index in [0.29, 0.717) is 6.04 Å². The molecule has 1 aliphatic heterocycles. The maximum absolute atomic E-state index is 3.48. The lowest BCUT2D eigenvalue weighted by Gasteiger charge is -2.35. The van der Waals surface area contributed by atoms with Crippen molar-refractivity contribution in [3.63, 3.8) is 0 Å². The van der Waals surface area contributed by atoms with E-state index in [1.807, 2.05) is 0 Å². The monoisotopic (exact) mass is 204 g/mol. The normalized spacial score (nSPS) is 22.9. The molecule has 2 nitrogen and oxygen atoms in total. The van der Waals surface area contributed by atoms with Crippen LogP contribution in [-0.2, 0) is 6.42 Å². The first-order valence-electron chi connectivity index (χ1n) is 5.89. The summed E-state index contributed by atoms with van der Waals surface area (Å²) < 4.78 is 0. The number of nitrogens with zero attached hydrogens (tertiary/aromatic N) is 1. The molecule has 0 aliphatic carbocycles. The molecule has 0 bridgehead atoms. The SMILES string of the molecule is CCN1CCNCC1Cc1ccccc1. The van der Waals surface area contributed by atoms with Crippen molar-refractivity contribution in [3.8, 4) is 0 Å². The summed E-state index contributed by atoms with van der Waals surface area (Å²) in [5.41, 5.74) is 1.45. The summed E-state index contributed by atoms with van der Waals surface area (Å²) in [5.74, 6) is 0. The molecule has 1 aromatic carbocycles. The standard InChI is InChI=1S/C13H20N2/c1-2-15-9-8-14-11-13(15)10-12-6-4-3-5-7-12/h3-7,13-14H,2,8-11H2,1H3. The Morgan fingerprint density at radius 1 is 1.33 bits per heavy atom. The van der Waals surface area contributed by atoms with Gasteiger partial charge in [0.1, 0.15) is 0 Å². The van der Waals surface area contributed by atoms with Crippen LogP contribution in [0.3, 0.4) is 0 Å². The van der Waals surface area contributed by atoms with E-state index >= 15 is 0 Å². The molecule has 1 atom stereocenters. The molecule has 0 saturated carbocycles. The van der Waals surface area contributed by atoms with E-state index in [1.54, 1.807) is 0 Å². The zero-order valence-corrected chi connectivity index (χ0v) is 9.45. The molecule has 0 radical (unpaired) electrons. The van der Waals surface area contributed by atoms with Gasteiger partial charge in [-0.1, -0.05) is 37.3 Å². The number of hydrogen-bond donors (Lipinski definition) is 1. The van der Waals surface area contributed by atoms with E-state index < -0.39 is 0 Å². The summed E-state index contributed by atoms with van der Waals surface area (Å²) >= 11 is 0. The fourth-order valence-electron chi connectivity index (χ4n) is 2.31. The van der Waals surface area contributed by atoms with E-state index in [4.69, 9.17) is 0 Å². The van der Waals surface area contributed by atoms with Crippen molar-refractivity contribution in [2.24, 2.45) is 0 Å². The zero-order valence-electron chi connectivity index (χ0n) is 9.45. The molecule has 1 unspecified atom stereocenters. The molecule has 0 spiro atoms. The van der Waals surface area contributed by atoms with Crippen molar-refractivity contribution in [1.29, 1.82) is 0 Å². The van der Waals surface area contributed by atoms with E-state index in [1.165, 1.54) is 25.1 Å². The first-order chi connectivity index (χ1) is 7.40. The molecule has 2 heteroatoms. The molecule has 1 aromatic rings. The van der Waals surface area contributed by atoms with Gasteiger partial charge >= 0.3 is 0 Å². The number of rotatable bonds is 3. The highest BCUT2D eigenvalue weighted by Gasteiger charge is 2.20. The van der Waals surface area contributed by atoms with Gasteiger partial charge in [-0.25, -0.2) is 0 Å². The van der Waals surface area contributed by atoms with Crippen LogP contribution in [0, 0.1) is 0 Å². The minimum atomic E-state index is 0.672. The topological polar surface area (TPSA) is 15.3 Å². The number of benzene rings is 1.